The van der Waals surface area contributed by atoms with Crippen molar-refractivity contribution in [3.63, 3.8) is 0 Å². The average molecular weight is 256 g/mol. The van der Waals surface area contributed by atoms with Gasteiger partial charge in [0.1, 0.15) is 0 Å². The van der Waals surface area contributed by atoms with E-state index in [-0.39, 0.29) is 0 Å². The van der Waals surface area contributed by atoms with E-state index in [0.717, 1.165) is 11.1 Å². The summed E-state index contributed by atoms with van der Waals surface area (Å²) in [6.07, 6.45) is 5.34. The Bertz CT molecular complexity index is 306. The molecule has 1 aromatic carbocycles. The van der Waals surface area contributed by atoms with Gasteiger partial charge >= 0.3 is 0 Å². The van der Waals surface area contributed by atoms with Gasteiger partial charge in [-0.3, -0.25) is 0 Å². The molecule has 0 saturated carbocycles. The summed E-state index contributed by atoms with van der Waals surface area (Å²) >= 11 is 7.77. The third-order valence-electron chi connectivity index (χ3n) is 2.94. The Balaban J connectivity index is 1.62. The Morgan fingerprint density at radius 3 is 2.81 bits per heavy atom. The monoisotopic (exact) mass is 255 g/mol. The molecule has 0 amide bonds. The van der Waals surface area contributed by atoms with E-state index in [0.29, 0.717) is 0 Å². The van der Waals surface area contributed by atoms with Crippen LogP contribution in [0.2, 0.25) is 5.02 Å². The van der Waals surface area contributed by atoms with Crippen molar-refractivity contribution >= 4 is 23.4 Å². The molecule has 0 aliphatic carbocycles. The van der Waals surface area contributed by atoms with Crippen LogP contribution in [0.1, 0.15) is 25.7 Å². The maximum Gasteiger partial charge on any atom is 0.0406 e. The van der Waals surface area contributed by atoms with Gasteiger partial charge in [0.25, 0.3) is 0 Å². The molecule has 1 fully saturated rings. The van der Waals surface area contributed by atoms with Gasteiger partial charge in [0, 0.05) is 16.0 Å². The van der Waals surface area contributed by atoms with Crippen LogP contribution in [0.15, 0.2) is 29.2 Å². The number of thioether (sulfide) groups is 1. The second-order valence-corrected chi connectivity index (χ2v) is 5.84. The van der Waals surface area contributed by atoms with Gasteiger partial charge in [-0.25, -0.2) is 0 Å². The first-order valence-electron chi connectivity index (χ1n) is 5.96. The van der Waals surface area contributed by atoms with E-state index in [1.165, 1.54) is 42.9 Å². The summed E-state index contributed by atoms with van der Waals surface area (Å²) in [6.45, 7) is 1.22. The minimum absolute atomic E-state index is 0.783. The van der Waals surface area contributed by atoms with Crippen molar-refractivity contribution in [3.8, 4) is 0 Å². The summed E-state index contributed by atoms with van der Waals surface area (Å²) in [5.41, 5.74) is 0. The van der Waals surface area contributed by atoms with E-state index in [1.54, 1.807) is 0 Å². The highest BCUT2D eigenvalue weighted by atomic mass is 35.5. The molecule has 1 nitrogen and oxygen atoms in total. The molecule has 88 valence electrons. The van der Waals surface area contributed by atoms with Crippen molar-refractivity contribution in [2.24, 2.45) is 0 Å². The minimum Gasteiger partial charge on any atom is -0.314 e. The van der Waals surface area contributed by atoms with Crippen molar-refractivity contribution in [2.75, 3.05) is 12.3 Å². The van der Waals surface area contributed by atoms with Gasteiger partial charge < -0.3 is 5.32 Å². The van der Waals surface area contributed by atoms with E-state index < -0.39 is 0 Å². The van der Waals surface area contributed by atoms with Crippen molar-refractivity contribution in [3.05, 3.63) is 29.3 Å². The Hall–Kier alpha value is -0.180. The molecule has 1 aromatic rings. The largest absolute Gasteiger partial charge is 0.314 e. The molecule has 1 atom stereocenters. The van der Waals surface area contributed by atoms with Crippen molar-refractivity contribution < 1.29 is 0 Å². The van der Waals surface area contributed by atoms with Crippen LogP contribution < -0.4 is 5.32 Å². The standard InChI is InChI=1S/C13H18ClNS/c14-11-5-7-13(8-6-11)16-10-2-4-12-3-1-9-15-12/h5-8,12,15H,1-4,9-10H2. The predicted molar refractivity (Wildman–Crippen MR) is 72.4 cm³/mol. The Kier molecular flexibility index (Phi) is 5.01. The molecule has 0 aromatic heterocycles. The summed E-state index contributed by atoms with van der Waals surface area (Å²) in [7, 11) is 0. The summed E-state index contributed by atoms with van der Waals surface area (Å²) in [5.74, 6) is 1.21. The molecule has 16 heavy (non-hydrogen) atoms. The van der Waals surface area contributed by atoms with Gasteiger partial charge in [0.15, 0.2) is 0 Å². The number of hydrogen-bond acceptors (Lipinski definition) is 2. The normalized spacial score (nSPS) is 20.2. The quantitative estimate of drug-likeness (QED) is 0.631. The smallest absolute Gasteiger partial charge is 0.0406 e. The number of nitrogens with one attached hydrogen (secondary N) is 1. The van der Waals surface area contributed by atoms with Gasteiger partial charge in [-0.2, -0.15) is 0 Å². The summed E-state index contributed by atoms with van der Waals surface area (Å²) in [4.78, 5) is 1.32. The Morgan fingerprint density at radius 1 is 1.31 bits per heavy atom. The van der Waals surface area contributed by atoms with E-state index >= 15 is 0 Å². The van der Waals surface area contributed by atoms with Gasteiger partial charge in [0.2, 0.25) is 0 Å². The molecule has 3 heteroatoms. The molecular formula is C13H18ClNS. The highest BCUT2D eigenvalue weighted by Crippen LogP contribution is 2.22. The first-order chi connectivity index (χ1) is 7.84. The fourth-order valence-electron chi connectivity index (χ4n) is 2.05. The number of benzene rings is 1. The van der Waals surface area contributed by atoms with Crippen LogP contribution in [0.4, 0.5) is 0 Å². The van der Waals surface area contributed by atoms with Crippen molar-refractivity contribution in [1.82, 2.24) is 5.32 Å². The predicted octanol–water partition coefficient (Wildman–Crippen LogP) is 3.96. The first-order valence-corrected chi connectivity index (χ1v) is 7.33. The van der Waals surface area contributed by atoms with Gasteiger partial charge in [-0.05, 0) is 62.2 Å². The summed E-state index contributed by atoms with van der Waals surface area (Å²) in [6, 6.07) is 8.90. The zero-order valence-corrected chi connectivity index (χ0v) is 11.0. The van der Waals surface area contributed by atoms with Crippen LogP contribution in [-0.4, -0.2) is 18.3 Å². The zero-order chi connectivity index (χ0) is 11.2. The highest BCUT2D eigenvalue weighted by Gasteiger charge is 2.12. The van der Waals surface area contributed by atoms with E-state index in [4.69, 9.17) is 11.6 Å². The topological polar surface area (TPSA) is 12.0 Å². The SMILES string of the molecule is Clc1ccc(SCCCC2CCCN2)cc1. The van der Waals surface area contributed by atoms with Gasteiger partial charge in [-0.15, -0.1) is 11.8 Å². The maximum absolute atomic E-state index is 5.84. The summed E-state index contributed by atoms with van der Waals surface area (Å²) in [5, 5.41) is 4.36. The average Bonchev–Trinajstić information content (AvgIpc) is 2.80. The van der Waals surface area contributed by atoms with Gasteiger partial charge in [0.05, 0.1) is 0 Å². The first kappa shape index (κ1) is 12.3. The van der Waals surface area contributed by atoms with Gasteiger partial charge in [-0.1, -0.05) is 11.6 Å². The molecule has 1 N–H and O–H groups in total. The van der Waals surface area contributed by atoms with E-state index in [2.05, 4.69) is 17.4 Å². The molecule has 2 rings (SSSR count). The number of rotatable bonds is 5. The minimum atomic E-state index is 0.783. The van der Waals surface area contributed by atoms with Crippen molar-refractivity contribution in [1.29, 1.82) is 0 Å². The molecule has 1 heterocycles. The Morgan fingerprint density at radius 2 is 2.12 bits per heavy atom. The van der Waals surface area contributed by atoms with E-state index in [9.17, 15) is 0 Å². The lowest BCUT2D eigenvalue weighted by Crippen LogP contribution is -2.20. The molecule has 1 aliphatic heterocycles. The second-order valence-electron chi connectivity index (χ2n) is 4.24. The fourth-order valence-corrected chi connectivity index (χ4v) is 3.05. The third kappa shape index (κ3) is 4.00. The molecule has 0 radical (unpaired) electrons. The summed E-state index contributed by atoms with van der Waals surface area (Å²) < 4.78 is 0. The van der Waals surface area contributed by atoms with Crippen LogP contribution >= 0.6 is 23.4 Å². The molecule has 1 unspecified atom stereocenters. The van der Waals surface area contributed by atoms with Crippen LogP contribution in [0.3, 0.4) is 0 Å². The molecule has 1 saturated heterocycles. The Labute approximate surface area is 107 Å². The lowest BCUT2D eigenvalue weighted by molar-refractivity contribution is 0.553. The van der Waals surface area contributed by atoms with Crippen molar-refractivity contribution in [2.45, 2.75) is 36.6 Å². The fraction of sp³-hybridized carbons (Fsp3) is 0.538. The lowest BCUT2D eigenvalue weighted by Gasteiger charge is -2.09. The maximum atomic E-state index is 5.84. The molecule has 0 bridgehead atoms. The third-order valence-corrected chi connectivity index (χ3v) is 4.29. The van der Waals surface area contributed by atoms with Crippen LogP contribution in [0.25, 0.3) is 0 Å². The number of hydrogen-bond donors (Lipinski definition) is 1. The van der Waals surface area contributed by atoms with Crippen LogP contribution in [-0.2, 0) is 0 Å². The number of halogens is 1. The molecular weight excluding hydrogens is 238 g/mol. The molecule has 0 spiro atoms. The molecule has 1 aliphatic rings. The van der Waals surface area contributed by atoms with E-state index in [1.807, 2.05) is 23.9 Å². The second kappa shape index (κ2) is 6.53. The van der Waals surface area contributed by atoms with Crippen LogP contribution in [0, 0.1) is 0 Å². The highest BCUT2D eigenvalue weighted by molar-refractivity contribution is 7.99. The lowest BCUT2D eigenvalue weighted by atomic mass is 10.1. The zero-order valence-electron chi connectivity index (χ0n) is 9.42. The van der Waals surface area contributed by atoms with Crippen LogP contribution in [0.5, 0.6) is 0 Å².